The van der Waals surface area contributed by atoms with Crippen molar-refractivity contribution in [2.24, 2.45) is 0 Å². The summed E-state index contributed by atoms with van der Waals surface area (Å²) in [7, 11) is 5.14. The summed E-state index contributed by atoms with van der Waals surface area (Å²) in [6.07, 6.45) is 3.87. The van der Waals surface area contributed by atoms with Crippen LogP contribution in [0, 0.1) is 0 Å². The lowest BCUT2D eigenvalue weighted by Gasteiger charge is -2.39. The van der Waals surface area contributed by atoms with Gasteiger partial charge in [0.15, 0.2) is 0 Å². The molecule has 5 heteroatoms. The minimum absolute atomic E-state index is 0.0789. The van der Waals surface area contributed by atoms with Gasteiger partial charge >= 0.3 is 0 Å². The second-order valence-electron chi connectivity index (χ2n) is 5.57. The first kappa shape index (κ1) is 15.9. The van der Waals surface area contributed by atoms with Gasteiger partial charge in [-0.25, -0.2) is 0 Å². The molecular weight excluding hydrogens is 270 g/mol. The lowest BCUT2D eigenvalue weighted by atomic mass is 9.81. The highest BCUT2D eigenvalue weighted by molar-refractivity contribution is 5.42. The van der Waals surface area contributed by atoms with Crippen molar-refractivity contribution in [2.45, 2.75) is 37.3 Å². The van der Waals surface area contributed by atoms with E-state index < -0.39 is 0 Å². The zero-order valence-electron chi connectivity index (χ0n) is 13.0. The molecule has 0 aromatic heterocycles. The van der Waals surface area contributed by atoms with Crippen LogP contribution in [0.2, 0.25) is 0 Å². The molecule has 5 nitrogen and oxygen atoms in total. The SMILES string of the molecule is CNC1(CO)CCCC(Oc2cc(OC)cc(OC)c2)C1. The number of hydrogen-bond acceptors (Lipinski definition) is 5. The van der Waals surface area contributed by atoms with Crippen molar-refractivity contribution in [1.29, 1.82) is 0 Å². The number of aliphatic hydroxyl groups excluding tert-OH is 1. The standard InChI is InChI=1S/C16H25NO4/c1-17-16(11-18)6-4-5-12(10-16)21-15-8-13(19-2)7-14(9-15)20-3/h7-9,12,17-18H,4-6,10-11H2,1-3H3. The monoisotopic (exact) mass is 295 g/mol. The van der Waals surface area contributed by atoms with E-state index in [4.69, 9.17) is 14.2 Å². The van der Waals surface area contributed by atoms with Gasteiger partial charge in [0.1, 0.15) is 23.4 Å². The minimum Gasteiger partial charge on any atom is -0.496 e. The van der Waals surface area contributed by atoms with Gasteiger partial charge in [-0.05, 0) is 26.3 Å². The quantitative estimate of drug-likeness (QED) is 0.840. The molecule has 0 spiro atoms. The Morgan fingerprint density at radius 2 is 1.81 bits per heavy atom. The Morgan fingerprint density at radius 3 is 2.33 bits per heavy atom. The van der Waals surface area contributed by atoms with Crippen LogP contribution in [-0.4, -0.2) is 44.6 Å². The van der Waals surface area contributed by atoms with E-state index in [1.807, 2.05) is 25.2 Å². The van der Waals surface area contributed by atoms with Crippen molar-refractivity contribution in [3.05, 3.63) is 18.2 Å². The smallest absolute Gasteiger partial charge is 0.127 e. The summed E-state index contributed by atoms with van der Waals surface area (Å²) >= 11 is 0. The lowest BCUT2D eigenvalue weighted by Crippen LogP contribution is -2.52. The number of rotatable bonds is 6. The van der Waals surface area contributed by atoms with E-state index in [0.29, 0.717) is 11.5 Å². The van der Waals surface area contributed by atoms with Gasteiger partial charge in [0.2, 0.25) is 0 Å². The van der Waals surface area contributed by atoms with Gasteiger partial charge in [0.25, 0.3) is 0 Å². The van der Waals surface area contributed by atoms with Gasteiger partial charge in [-0.15, -0.1) is 0 Å². The highest BCUT2D eigenvalue weighted by atomic mass is 16.5. The molecule has 1 saturated carbocycles. The molecule has 2 unspecified atom stereocenters. The Labute approximate surface area is 126 Å². The Hall–Kier alpha value is -1.46. The van der Waals surface area contributed by atoms with Crippen LogP contribution in [0.15, 0.2) is 18.2 Å². The number of methoxy groups -OCH3 is 2. The Kier molecular flexibility index (Phi) is 5.31. The zero-order valence-corrected chi connectivity index (χ0v) is 13.0. The second-order valence-corrected chi connectivity index (χ2v) is 5.57. The fourth-order valence-electron chi connectivity index (χ4n) is 2.90. The van der Waals surface area contributed by atoms with Gasteiger partial charge in [0.05, 0.1) is 20.8 Å². The number of hydrogen-bond donors (Lipinski definition) is 2. The average Bonchev–Trinajstić information content (AvgIpc) is 2.54. The van der Waals surface area contributed by atoms with E-state index >= 15 is 0 Å². The molecule has 0 heterocycles. The van der Waals surface area contributed by atoms with Crippen LogP contribution in [-0.2, 0) is 0 Å². The largest absolute Gasteiger partial charge is 0.496 e. The number of ether oxygens (including phenoxy) is 3. The topological polar surface area (TPSA) is 60.0 Å². The van der Waals surface area contributed by atoms with Crippen LogP contribution in [0.5, 0.6) is 17.2 Å². The van der Waals surface area contributed by atoms with Crippen molar-refractivity contribution in [2.75, 3.05) is 27.9 Å². The van der Waals surface area contributed by atoms with E-state index in [-0.39, 0.29) is 18.2 Å². The summed E-state index contributed by atoms with van der Waals surface area (Å²) in [4.78, 5) is 0. The first-order valence-electron chi connectivity index (χ1n) is 7.34. The van der Waals surface area contributed by atoms with Crippen LogP contribution in [0.25, 0.3) is 0 Å². The van der Waals surface area contributed by atoms with Gasteiger partial charge in [-0.1, -0.05) is 0 Å². The number of aliphatic hydroxyl groups is 1. The third-order valence-electron chi connectivity index (χ3n) is 4.26. The first-order chi connectivity index (χ1) is 10.1. The summed E-state index contributed by atoms with van der Waals surface area (Å²) in [5.41, 5.74) is -0.230. The summed E-state index contributed by atoms with van der Waals surface area (Å²) in [5.74, 6) is 2.16. The zero-order chi connectivity index (χ0) is 15.3. The molecule has 0 radical (unpaired) electrons. The highest BCUT2D eigenvalue weighted by Crippen LogP contribution is 2.33. The molecule has 0 bridgehead atoms. The number of likely N-dealkylation sites (N-methyl/N-ethyl adjacent to an activating group) is 1. The van der Waals surface area contributed by atoms with Gasteiger partial charge in [-0.3, -0.25) is 0 Å². The predicted molar refractivity (Wildman–Crippen MR) is 81.3 cm³/mol. The van der Waals surface area contributed by atoms with E-state index in [9.17, 15) is 5.11 Å². The van der Waals surface area contributed by atoms with Crippen LogP contribution >= 0.6 is 0 Å². The van der Waals surface area contributed by atoms with Gasteiger partial charge < -0.3 is 24.6 Å². The third kappa shape index (κ3) is 3.80. The van der Waals surface area contributed by atoms with Crippen LogP contribution in [0.4, 0.5) is 0 Å². The molecule has 2 N–H and O–H groups in total. The Morgan fingerprint density at radius 1 is 1.19 bits per heavy atom. The molecule has 21 heavy (non-hydrogen) atoms. The maximum Gasteiger partial charge on any atom is 0.127 e. The molecule has 1 aliphatic rings. The molecule has 2 atom stereocenters. The molecule has 0 aliphatic heterocycles. The van der Waals surface area contributed by atoms with Crippen molar-refractivity contribution in [1.82, 2.24) is 5.32 Å². The molecule has 1 fully saturated rings. The van der Waals surface area contributed by atoms with E-state index in [0.717, 1.165) is 31.4 Å². The predicted octanol–water partition coefficient (Wildman–Crippen LogP) is 1.98. The van der Waals surface area contributed by atoms with E-state index in [1.54, 1.807) is 14.2 Å². The minimum atomic E-state index is -0.230. The van der Waals surface area contributed by atoms with Crippen molar-refractivity contribution in [3.8, 4) is 17.2 Å². The molecule has 2 rings (SSSR count). The fraction of sp³-hybridized carbons (Fsp3) is 0.625. The van der Waals surface area contributed by atoms with Gasteiger partial charge in [-0.2, -0.15) is 0 Å². The van der Waals surface area contributed by atoms with E-state index in [2.05, 4.69) is 5.32 Å². The number of nitrogens with one attached hydrogen (secondary N) is 1. The summed E-state index contributed by atoms with van der Waals surface area (Å²) in [6.45, 7) is 0.130. The number of benzene rings is 1. The summed E-state index contributed by atoms with van der Waals surface area (Å²) < 4.78 is 16.6. The maximum atomic E-state index is 9.63. The third-order valence-corrected chi connectivity index (χ3v) is 4.26. The molecule has 1 aromatic carbocycles. The Balaban J connectivity index is 2.10. The van der Waals surface area contributed by atoms with Crippen LogP contribution in [0.1, 0.15) is 25.7 Å². The molecular formula is C16H25NO4. The first-order valence-corrected chi connectivity index (χ1v) is 7.34. The normalized spacial score (nSPS) is 25.4. The molecule has 0 amide bonds. The van der Waals surface area contributed by atoms with Crippen molar-refractivity contribution >= 4 is 0 Å². The lowest BCUT2D eigenvalue weighted by molar-refractivity contribution is 0.0552. The van der Waals surface area contributed by atoms with E-state index in [1.165, 1.54) is 0 Å². The van der Waals surface area contributed by atoms with Crippen molar-refractivity contribution < 1.29 is 19.3 Å². The maximum absolute atomic E-state index is 9.63. The van der Waals surface area contributed by atoms with Crippen LogP contribution < -0.4 is 19.5 Å². The summed E-state index contributed by atoms with van der Waals surface area (Å²) in [5, 5.41) is 12.9. The second kappa shape index (κ2) is 7.00. The fourth-order valence-corrected chi connectivity index (χ4v) is 2.90. The Bertz CT molecular complexity index is 437. The highest BCUT2D eigenvalue weighted by Gasteiger charge is 2.35. The molecule has 118 valence electrons. The van der Waals surface area contributed by atoms with Gasteiger partial charge in [0, 0.05) is 30.2 Å². The van der Waals surface area contributed by atoms with Crippen LogP contribution in [0.3, 0.4) is 0 Å². The summed E-state index contributed by atoms with van der Waals surface area (Å²) in [6, 6.07) is 5.54. The molecule has 1 aromatic rings. The molecule has 1 aliphatic carbocycles. The van der Waals surface area contributed by atoms with Crippen molar-refractivity contribution in [3.63, 3.8) is 0 Å². The average molecular weight is 295 g/mol. The molecule has 0 saturated heterocycles.